The molecule has 0 amide bonds. The molecule has 0 unspecified atom stereocenters. The van der Waals surface area contributed by atoms with E-state index in [1.807, 2.05) is 0 Å². The highest BCUT2D eigenvalue weighted by Crippen LogP contribution is 2.29. The van der Waals surface area contributed by atoms with E-state index in [4.69, 9.17) is 30.8 Å². The average Bonchev–Trinajstić information content (AvgIpc) is 3.50. The molecule has 0 radical (unpaired) electrons. The Hall–Kier alpha value is -3.96. The molecule has 3 aromatic rings. The Morgan fingerprint density at radius 1 is 1.00 bits per heavy atom. The standard InChI is InChI=1S/C26H28ClN7O4/c1-36-22-16-18(8-9-21(22)38-23(35)19-6-2-3-7-20(19)27)17-28-32-24-29-25(33-10-4-5-11-33)31-26(30-24)34-12-14-37-15-13-34/h2-3,6-9,16-17H,4-5,10-15H2,1H3,(H,29,30,31,32)/b28-17+. The van der Waals surface area contributed by atoms with E-state index in [9.17, 15) is 4.79 Å². The van der Waals surface area contributed by atoms with Crippen LogP contribution in [0.15, 0.2) is 47.6 Å². The molecule has 1 N–H and O–H groups in total. The molecule has 2 aromatic carbocycles. The number of hydrogen-bond acceptors (Lipinski definition) is 11. The second-order valence-corrected chi connectivity index (χ2v) is 9.11. The number of morpholine rings is 1. The Balaban J connectivity index is 1.30. The van der Waals surface area contributed by atoms with E-state index < -0.39 is 5.97 Å². The molecule has 3 heterocycles. The van der Waals surface area contributed by atoms with Gasteiger partial charge < -0.3 is 24.0 Å². The predicted octanol–water partition coefficient (Wildman–Crippen LogP) is 3.64. The highest BCUT2D eigenvalue weighted by atomic mass is 35.5. The van der Waals surface area contributed by atoms with Crippen molar-refractivity contribution in [3.05, 3.63) is 58.6 Å². The summed E-state index contributed by atoms with van der Waals surface area (Å²) < 4.78 is 16.4. The maximum Gasteiger partial charge on any atom is 0.345 e. The van der Waals surface area contributed by atoms with E-state index in [1.54, 1.807) is 48.7 Å². The van der Waals surface area contributed by atoms with Crippen molar-refractivity contribution < 1.29 is 19.0 Å². The van der Waals surface area contributed by atoms with Gasteiger partial charge >= 0.3 is 5.97 Å². The van der Waals surface area contributed by atoms with Crippen LogP contribution in [0.4, 0.5) is 17.8 Å². The molecule has 0 aliphatic carbocycles. The number of carbonyl (C=O) groups excluding carboxylic acids is 1. The van der Waals surface area contributed by atoms with Crippen LogP contribution in [0.1, 0.15) is 28.8 Å². The van der Waals surface area contributed by atoms with E-state index in [2.05, 4.69) is 30.3 Å². The Labute approximate surface area is 225 Å². The van der Waals surface area contributed by atoms with E-state index in [1.165, 1.54) is 7.11 Å². The fraction of sp³-hybridized carbons (Fsp3) is 0.346. The molecular formula is C26H28ClN7O4. The number of rotatable bonds is 8. The molecule has 0 atom stereocenters. The number of carbonyl (C=O) groups is 1. The molecule has 2 aliphatic rings. The Morgan fingerprint density at radius 3 is 2.42 bits per heavy atom. The number of methoxy groups -OCH3 is 1. The summed E-state index contributed by atoms with van der Waals surface area (Å²) in [6.07, 6.45) is 3.84. The van der Waals surface area contributed by atoms with Crippen LogP contribution >= 0.6 is 11.6 Å². The first-order valence-electron chi connectivity index (χ1n) is 12.4. The van der Waals surface area contributed by atoms with Gasteiger partial charge in [0.1, 0.15) is 0 Å². The molecule has 2 aliphatic heterocycles. The summed E-state index contributed by atoms with van der Waals surface area (Å²) in [7, 11) is 1.50. The Bertz CT molecular complexity index is 1310. The summed E-state index contributed by atoms with van der Waals surface area (Å²) in [5.74, 6) is 1.68. The second-order valence-electron chi connectivity index (χ2n) is 8.70. The molecule has 0 saturated carbocycles. The normalized spacial score (nSPS) is 15.6. The SMILES string of the molecule is COc1cc(/C=N/Nc2nc(N3CCCC3)nc(N3CCOCC3)n2)ccc1OC(=O)c1ccccc1Cl. The lowest BCUT2D eigenvalue weighted by molar-refractivity contribution is 0.0730. The van der Waals surface area contributed by atoms with Crippen molar-refractivity contribution in [1.82, 2.24) is 15.0 Å². The fourth-order valence-corrected chi connectivity index (χ4v) is 4.38. The van der Waals surface area contributed by atoms with E-state index >= 15 is 0 Å². The van der Waals surface area contributed by atoms with Crippen LogP contribution in [0.5, 0.6) is 11.5 Å². The van der Waals surface area contributed by atoms with Gasteiger partial charge in [-0.25, -0.2) is 10.2 Å². The van der Waals surface area contributed by atoms with Crippen molar-refractivity contribution in [3.8, 4) is 11.5 Å². The smallest absolute Gasteiger partial charge is 0.345 e. The van der Waals surface area contributed by atoms with E-state index in [-0.39, 0.29) is 11.3 Å². The van der Waals surface area contributed by atoms with Crippen LogP contribution in [-0.2, 0) is 4.74 Å². The van der Waals surface area contributed by atoms with Gasteiger partial charge in [-0.2, -0.15) is 20.1 Å². The first kappa shape index (κ1) is 25.7. The topological polar surface area (TPSA) is 114 Å². The molecule has 11 nitrogen and oxygen atoms in total. The molecule has 12 heteroatoms. The average molecular weight is 538 g/mol. The zero-order chi connectivity index (χ0) is 26.3. The van der Waals surface area contributed by atoms with Crippen LogP contribution < -0.4 is 24.7 Å². The number of nitrogens with one attached hydrogen (secondary N) is 1. The maximum atomic E-state index is 12.6. The number of nitrogens with zero attached hydrogens (tertiary/aromatic N) is 6. The fourth-order valence-electron chi connectivity index (χ4n) is 4.16. The highest BCUT2D eigenvalue weighted by Gasteiger charge is 2.21. The van der Waals surface area contributed by atoms with Crippen LogP contribution in [-0.4, -0.2) is 73.6 Å². The van der Waals surface area contributed by atoms with Gasteiger partial charge in [-0.05, 0) is 48.7 Å². The van der Waals surface area contributed by atoms with Crippen molar-refractivity contribution in [3.63, 3.8) is 0 Å². The largest absolute Gasteiger partial charge is 0.493 e. The van der Waals surface area contributed by atoms with Gasteiger partial charge in [0.2, 0.25) is 17.8 Å². The number of hydrogen-bond donors (Lipinski definition) is 1. The third-order valence-electron chi connectivity index (χ3n) is 6.16. The van der Waals surface area contributed by atoms with Gasteiger partial charge in [0.25, 0.3) is 0 Å². The summed E-state index contributed by atoms with van der Waals surface area (Å²) in [6.45, 7) is 4.55. The van der Waals surface area contributed by atoms with Crippen LogP contribution in [0.2, 0.25) is 5.02 Å². The van der Waals surface area contributed by atoms with Crippen molar-refractivity contribution in [1.29, 1.82) is 0 Å². The zero-order valence-electron chi connectivity index (χ0n) is 21.0. The van der Waals surface area contributed by atoms with Gasteiger partial charge in [-0.1, -0.05) is 23.7 Å². The third kappa shape index (κ3) is 6.12. The van der Waals surface area contributed by atoms with Crippen molar-refractivity contribution in [2.45, 2.75) is 12.8 Å². The number of halogens is 1. The van der Waals surface area contributed by atoms with Gasteiger partial charge in [0.05, 0.1) is 37.1 Å². The van der Waals surface area contributed by atoms with Gasteiger partial charge in [-0.15, -0.1) is 0 Å². The summed E-state index contributed by atoms with van der Waals surface area (Å²) in [5, 5.41) is 4.63. The minimum Gasteiger partial charge on any atom is -0.493 e. The molecule has 2 saturated heterocycles. The highest BCUT2D eigenvalue weighted by molar-refractivity contribution is 6.33. The molecular weight excluding hydrogens is 510 g/mol. The summed E-state index contributed by atoms with van der Waals surface area (Å²) >= 11 is 6.11. The Morgan fingerprint density at radius 2 is 1.71 bits per heavy atom. The lowest BCUT2D eigenvalue weighted by Crippen LogP contribution is -2.38. The van der Waals surface area contributed by atoms with Crippen LogP contribution in [0.3, 0.4) is 0 Å². The van der Waals surface area contributed by atoms with Crippen molar-refractivity contribution in [2.24, 2.45) is 5.10 Å². The van der Waals surface area contributed by atoms with E-state index in [0.29, 0.717) is 47.4 Å². The third-order valence-corrected chi connectivity index (χ3v) is 6.49. The van der Waals surface area contributed by atoms with Gasteiger partial charge in [0.15, 0.2) is 11.5 Å². The number of aromatic nitrogens is 3. The molecule has 5 rings (SSSR count). The Kier molecular flexibility index (Phi) is 8.15. The lowest BCUT2D eigenvalue weighted by Gasteiger charge is -2.27. The lowest BCUT2D eigenvalue weighted by atomic mass is 10.2. The first-order valence-corrected chi connectivity index (χ1v) is 12.8. The summed E-state index contributed by atoms with van der Waals surface area (Å²) in [6, 6.07) is 11.8. The number of benzene rings is 2. The maximum absolute atomic E-state index is 12.6. The van der Waals surface area contributed by atoms with Crippen LogP contribution in [0.25, 0.3) is 0 Å². The number of ether oxygens (including phenoxy) is 3. The molecule has 0 spiro atoms. The first-order chi connectivity index (χ1) is 18.6. The van der Waals surface area contributed by atoms with E-state index in [0.717, 1.165) is 39.0 Å². The van der Waals surface area contributed by atoms with Crippen molar-refractivity contribution >= 4 is 41.6 Å². The van der Waals surface area contributed by atoms with Gasteiger partial charge in [0, 0.05) is 26.2 Å². The van der Waals surface area contributed by atoms with Crippen LogP contribution in [0, 0.1) is 0 Å². The molecule has 0 bridgehead atoms. The molecule has 198 valence electrons. The molecule has 1 aromatic heterocycles. The summed E-state index contributed by atoms with van der Waals surface area (Å²) in [4.78, 5) is 30.7. The number of esters is 1. The molecule has 2 fully saturated rings. The van der Waals surface area contributed by atoms with Gasteiger partial charge in [-0.3, -0.25) is 0 Å². The minimum atomic E-state index is -0.573. The predicted molar refractivity (Wildman–Crippen MR) is 145 cm³/mol. The summed E-state index contributed by atoms with van der Waals surface area (Å²) in [5.41, 5.74) is 3.92. The number of hydrazone groups is 1. The molecule has 38 heavy (non-hydrogen) atoms. The monoisotopic (exact) mass is 537 g/mol. The zero-order valence-corrected chi connectivity index (χ0v) is 21.7. The quantitative estimate of drug-likeness (QED) is 0.198. The number of anilines is 3. The second kappa shape index (κ2) is 12.1. The van der Waals surface area contributed by atoms with Crippen molar-refractivity contribution in [2.75, 3.05) is 61.7 Å². The minimum absolute atomic E-state index is 0.269.